The minimum Gasteiger partial charge on any atom is -0.395 e. The molecule has 3 aromatic carbocycles. The van der Waals surface area contributed by atoms with Crippen molar-refractivity contribution in [2.75, 3.05) is 6.54 Å². The molecule has 2 amide bonds. The zero-order valence-electron chi connectivity index (χ0n) is 22.8. The van der Waals surface area contributed by atoms with Gasteiger partial charge in [0.2, 0.25) is 0 Å². The Labute approximate surface area is 228 Å². The quantitative estimate of drug-likeness (QED) is 0.291. The average Bonchev–Trinajstić information content (AvgIpc) is 3.56. The van der Waals surface area contributed by atoms with Crippen LogP contribution in [0.1, 0.15) is 56.3 Å². The van der Waals surface area contributed by atoms with Gasteiger partial charge in [-0.1, -0.05) is 112 Å². The number of carbonyl (C=O) groups is 1. The molecule has 6 heteroatoms. The van der Waals surface area contributed by atoms with Crippen LogP contribution in [-0.4, -0.2) is 48.1 Å². The van der Waals surface area contributed by atoms with Gasteiger partial charge in [-0.3, -0.25) is 4.90 Å². The highest BCUT2D eigenvalue weighted by Gasteiger charge is 2.58. The molecule has 0 saturated carbocycles. The van der Waals surface area contributed by atoms with Crippen molar-refractivity contribution >= 4 is 14.3 Å². The van der Waals surface area contributed by atoms with Gasteiger partial charge < -0.3 is 14.4 Å². The summed E-state index contributed by atoms with van der Waals surface area (Å²) in [6.45, 7) is 7.42. The van der Waals surface area contributed by atoms with Crippen LogP contribution in [-0.2, 0) is 10.0 Å². The maximum absolute atomic E-state index is 14.3. The van der Waals surface area contributed by atoms with Gasteiger partial charge in [-0.05, 0) is 47.7 Å². The van der Waals surface area contributed by atoms with E-state index in [4.69, 9.17) is 4.43 Å². The highest BCUT2D eigenvalue weighted by Crippen LogP contribution is 2.49. The molecule has 2 aliphatic rings. The number of carbonyl (C=O) groups excluding carboxylic acids is 1. The van der Waals surface area contributed by atoms with Crippen molar-refractivity contribution in [2.24, 2.45) is 0 Å². The third kappa shape index (κ3) is 4.49. The van der Waals surface area contributed by atoms with Crippen LogP contribution in [0, 0.1) is 0 Å². The van der Waals surface area contributed by atoms with Crippen LogP contribution >= 0.6 is 0 Å². The minimum absolute atomic E-state index is 0.000957. The Morgan fingerprint density at radius 3 is 1.87 bits per heavy atom. The molecule has 3 atom stereocenters. The third-order valence-electron chi connectivity index (χ3n) is 8.89. The van der Waals surface area contributed by atoms with E-state index in [0.29, 0.717) is 0 Å². The third-order valence-corrected chi connectivity index (χ3v) is 13.5. The predicted molar refractivity (Wildman–Crippen MR) is 154 cm³/mol. The Bertz CT molecular complexity index is 1160. The lowest BCUT2D eigenvalue weighted by Crippen LogP contribution is -2.54. The lowest BCUT2D eigenvalue weighted by molar-refractivity contribution is -0.0577. The molecule has 0 aliphatic carbocycles. The molecule has 2 saturated heterocycles. The van der Waals surface area contributed by atoms with Crippen molar-refractivity contribution in [1.82, 2.24) is 9.80 Å². The number of fused-ring (bicyclic) bond motifs is 1. The summed E-state index contributed by atoms with van der Waals surface area (Å²) in [7, 11) is -2.08. The molecular weight excluding hydrogens is 488 g/mol. The van der Waals surface area contributed by atoms with Crippen LogP contribution in [0.4, 0.5) is 4.79 Å². The van der Waals surface area contributed by atoms with Gasteiger partial charge in [-0.25, -0.2) is 4.79 Å². The molecule has 0 aromatic heterocycles. The minimum atomic E-state index is -2.08. The number of benzene rings is 3. The van der Waals surface area contributed by atoms with Crippen LogP contribution in [0.15, 0.2) is 91.0 Å². The van der Waals surface area contributed by atoms with Gasteiger partial charge in [0, 0.05) is 6.54 Å². The standard InChI is InChI=1S/C32H40N2O3Si/c1-4-38(5-2,6-3)37-30-28-23-16-24-33(28)31(35)34(30)29(25-17-10-7-11-18-25)32(36,26-19-12-8-13-20-26)27-21-14-9-15-22-27/h7-15,17-22,28-30,36H,4-6,16,23-24H2,1-3H3/t28-,29+,30+/m0/s1. The van der Waals surface area contributed by atoms with Gasteiger partial charge >= 0.3 is 6.03 Å². The van der Waals surface area contributed by atoms with Crippen LogP contribution < -0.4 is 0 Å². The summed E-state index contributed by atoms with van der Waals surface area (Å²) in [5, 5.41) is 13.0. The lowest BCUT2D eigenvalue weighted by Gasteiger charge is -2.46. The largest absolute Gasteiger partial charge is 0.395 e. The highest BCUT2D eigenvalue weighted by molar-refractivity contribution is 6.73. The number of nitrogens with zero attached hydrogens (tertiary/aromatic N) is 2. The van der Waals surface area contributed by atoms with Crippen LogP contribution in [0.5, 0.6) is 0 Å². The summed E-state index contributed by atoms with van der Waals surface area (Å²) in [5.74, 6) is 0. The van der Waals surface area contributed by atoms with E-state index in [0.717, 1.165) is 54.2 Å². The molecule has 0 radical (unpaired) electrons. The summed E-state index contributed by atoms with van der Waals surface area (Å²) in [6.07, 6.45) is 1.51. The Morgan fingerprint density at radius 1 is 0.868 bits per heavy atom. The normalized spacial score (nSPS) is 20.6. The van der Waals surface area contributed by atoms with E-state index < -0.39 is 26.2 Å². The molecule has 0 unspecified atom stereocenters. The second kappa shape index (κ2) is 11.0. The number of urea groups is 1. The Kier molecular flexibility index (Phi) is 7.75. The van der Waals surface area contributed by atoms with E-state index in [-0.39, 0.29) is 12.1 Å². The fourth-order valence-corrected chi connectivity index (χ4v) is 9.31. The van der Waals surface area contributed by atoms with E-state index in [9.17, 15) is 9.90 Å². The van der Waals surface area contributed by atoms with Crippen molar-refractivity contribution < 1.29 is 14.3 Å². The molecule has 2 fully saturated rings. The summed E-state index contributed by atoms with van der Waals surface area (Å²) in [5.41, 5.74) is 0.908. The number of hydrogen-bond donors (Lipinski definition) is 1. The first-order valence-electron chi connectivity index (χ1n) is 14.1. The Morgan fingerprint density at radius 2 is 1.37 bits per heavy atom. The van der Waals surface area contributed by atoms with Crippen LogP contribution in [0.25, 0.3) is 0 Å². The van der Waals surface area contributed by atoms with E-state index in [1.54, 1.807) is 0 Å². The molecule has 2 aliphatic heterocycles. The monoisotopic (exact) mass is 528 g/mol. The van der Waals surface area contributed by atoms with Gasteiger partial charge in [-0.15, -0.1) is 0 Å². The molecule has 3 aromatic rings. The Hall–Kier alpha value is -2.93. The molecule has 0 spiro atoms. The van der Waals surface area contributed by atoms with Gasteiger partial charge in [0.25, 0.3) is 0 Å². The van der Waals surface area contributed by atoms with Crippen molar-refractivity contribution in [1.29, 1.82) is 0 Å². The number of rotatable bonds is 10. The van der Waals surface area contributed by atoms with E-state index in [1.165, 1.54) is 0 Å². The first-order chi connectivity index (χ1) is 18.5. The van der Waals surface area contributed by atoms with Crippen LogP contribution in [0.3, 0.4) is 0 Å². The molecule has 200 valence electrons. The second-order valence-corrected chi connectivity index (χ2v) is 15.4. The van der Waals surface area contributed by atoms with Gasteiger partial charge in [-0.2, -0.15) is 0 Å². The van der Waals surface area contributed by atoms with E-state index >= 15 is 0 Å². The van der Waals surface area contributed by atoms with Crippen LogP contribution in [0.2, 0.25) is 18.1 Å². The summed E-state index contributed by atoms with van der Waals surface area (Å²) in [4.78, 5) is 18.3. The first kappa shape index (κ1) is 26.7. The average molecular weight is 529 g/mol. The fraction of sp³-hybridized carbons (Fsp3) is 0.406. The number of aliphatic hydroxyl groups is 1. The summed E-state index contributed by atoms with van der Waals surface area (Å²) in [6, 6.07) is 31.9. The van der Waals surface area contributed by atoms with E-state index in [1.807, 2.05) is 101 Å². The zero-order chi connectivity index (χ0) is 26.8. The molecule has 5 rings (SSSR count). The molecular formula is C32H40N2O3Si. The summed E-state index contributed by atoms with van der Waals surface area (Å²) >= 11 is 0. The molecule has 1 N–H and O–H groups in total. The molecule has 38 heavy (non-hydrogen) atoms. The summed E-state index contributed by atoms with van der Waals surface area (Å²) < 4.78 is 7.20. The maximum atomic E-state index is 14.3. The second-order valence-electron chi connectivity index (χ2n) is 10.7. The fourth-order valence-electron chi connectivity index (χ4n) is 6.52. The molecule has 0 bridgehead atoms. The number of amides is 2. The van der Waals surface area contributed by atoms with Gasteiger partial charge in [0.05, 0.1) is 12.1 Å². The number of hydrogen-bond acceptors (Lipinski definition) is 3. The highest BCUT2D eigenvalue weighted by atomic mass is 28.4. The van der Waals surface area contributed by atoms with Crippen molar-refractivity contribution in [3.05, 3.63) is 108 Å². The topological polar surface area (TPSA) is 53.0 Å². The zero-order valence-corrected chi connectivity index (χ0v) is 23.8. The van der Waals surface area contributed by atoms with Crippen molar-refractivity contribution in [3.8, 4) is 0 Å². The Balaban J connectivity index is 1.74. The first-order valence-corrected chi connectivity index (χ1v) is 16.7. The van der Waals surface area contributed by atoms with Gasteiger partial charge in [0.15, 0.2) is 8.32 Å². The smallest absolute Gasteiger partial charge is 0.323 e. The van der Waals surface area contributed by atoms with Gasteiger partial charge in [0.1, 0.15) is 11.8 Å². The lowest BCUT2D eigenvalue weighted by atomic mass is 9.76. The SMILES string of the molecule is CC[Si](CC)(CC)O[C@@H]1[C@@H]2CCCN2C(=O)N1[C@H](c1ccccc1)C(O)(c1ccccc1)c1ccccc1. The van der Waals surface area contributed by atoms with Crippen molar-refractivity contribution in [3.63, 3.8) is 0 Å². The van der Waals surface area contributed by atoms with Crippen molar-refractivity contribution in [2.45, 2.75) is 75.7 Å². The predicted octanol–water partition coefficient (Wildman–Crippen LogP) is 6.91. The maximum Gasteiger partial charge on any atom is 0.323 e. The molecule has 5 nitrogen and oxygen atoms in total. The molecule has 2 heterocycles. The van der Waals surface area contributed by atoms with E-state index in [2.05, 4.69) is 20.8 Å².